The molecule has 1 unspecified atom stereocenters. The van der Waals surface area contributed by atoms with Crippen LogP contribution in [0.2, 0.25) is 0 Å². The Kier molecular flexibility index (Phi) is 7.33. The molecule has 1 heterocycles. The largest absolute Gasteiger partial charge is 0.353 e. The van der Waals surface area contributed by atoms with Crippen molar-refractivity contribution in [1.29, 1.82) is 0 Å². The average molecular weight is 436 g/mol. The third-order valence-corrected chi connectivity index (χ3v) is 5.88. The van der Waals surface area contributed by atoms with E-state index in [-0.39, 0.29) is 18.1 Å². The van der Waals surface area contributed by atoms with Crippen LogP contribution in [0.25, 0.3) is 0 Å². The highest BCUT2D eigenvalue weighted by atomic mass is 127. The molecular weight excluding hydrogens is 415 g/mol. The summed E-state index contributed by atoms with van der Waals surface area (Å²) in [4.78, 5) is 0.349. The molecule has 0 bridgehead atoms. The van der Waals surface area contributed by atoms with Gasteiger partial charge in [0.25, 0.3) is 0 Å². The third kappa shape index (κ3) is 5.64. The number of sulfone groups is 1. The summed E-state index contributed by atoms with van der Waals surface area (Å²) in [6, 6.07) is 8.50. The van der Waals surface area contributed by atoms with Crippen molar-refractivity contribution in [2.45, 2.75) is 36.6 Å². The van der Waals surface area contributed by atoms with Crippen LogP contribution in [0.15, 0.2) is 47.4 Å². The van der Waals surface area contributed by atoms with Gasteiger partial charge in [0.2, 0.25) is 0 Å². The van der Waals surface area contributed by atoms with E-state index in [9.17, 15) is 8.42 Å². The van der Waals surface area contributed by atoms with Crippen LogP contribution in [0.3, 0.4) is 0 Å². The quantitative estimate of drug-likeness (QED) is 0.374. The maximum atomic E-state index is 12.2. The average Bonchev–Trinajstić information content (AvgIpc) is 2.55. The summed E-state index contributed by atoms with van der Waals surface area (Å²) in [6.07, 6.45) is 6.33. The van der Waals surface area contributed by atoms with E-state index in [4.69, 9.17) is 9.47 Å². The first kappa shape index (κ1) is 17.9. The molecule has 1 saturated heterocycles. The van der Waals surface area contributed by atoms with Crippen molar-refractivity contribution in [3.63, 3.8) is 0 Å². The zero-order chi connectivity index (χ0) is 15.8. The Morgan fingerprint density at radius 1 is 1.32 bits per heavy atom. The zero-order valence-electron chi connectivity index (χ0n) is 12.4. The molecule has 22 heavy (non-hydrogen) atoms. The van der Waals surface area contributed by atoms with Gasteiger partial charge in [-0.25, -0.2) is 8.42 Å². The Labute approximate surface area is 145 Å². The summed E-state index contributed by atoms with van der Waals surface area (Å²) in [6.45, 7) is 0.741. The van der Waals surface area contributed by atoms with Gasteiger partial charge in [0.1, 0.15) is 0 Å². The first-order valence-corrected chi connectivity index (χ1v) is 10.6. The zero-order valence-corrected chi connectivity index (χ0v) is 15.3. The Morgan fingerprint density at radius 2 is 2.09 bits per heavy atom. The second kappa shape index (κ2) is 9.00. The van der Waals surface area contributed by atoms with E-state index >= 15 is 0 Å². The summed E-state index contributed by atoms with van der Waals surface area (Å²) in [5.41, 5.74) is 0. The molecule has 122 valence electrons. The molecule has 0 N–H and O–H groups in total. The first-order chi connectivity index (χ1) is 10.6. The van der Waals surface area contributed by atoms with Gasteiger partial charge in [0.05, 0.1) is 16.8 Å². The number of hydrogen-bond acceptors (Lipinski definition) is 4. The van der Waals surface area contributed by atoms with E-state index in [1.165, 1.54) is 0 Å². The number of rotatable bonds is 7. The number of hydrogen-bond donors (Lipinski definition) is 0. The molecule has 1 fully saturated rings. The van der Waals surface area contributed by atoms with E-state index in [0.717, 1.165) is 30.3 Å². The number of ether oxygens (including phenoxy) is 2. The fourth-order valence-electron chi connectivity index (χ4n) is 2.20. The van der Waals surface area contributed by atoms with Crippen LogP contribution in [0.4, 0.5) is 0 Å². The maximum absolute atomic E-state index is 12.2. The van der Waals surface area contributed by atoms with Crippen molar-refractivity contribution in [2.24, 2.45) is 0 Å². The normalized spacial score (nSPS) is 21.0. The molecule has 1 aromatic rings. The summed E-state index contributed by atoms with van der Waals surface area (Å²) < 4.78 is 36.5. The maximum Gasteiger partial charge on any atom is 0.181 e. The van der Waals surface area contributed by atoms with Gasteiger partial charge in [-0.2, -0.15) is 0 Å². The van der Waals surface area contributed by atoms with E-state index in [1.54, 1.807) is 36.4 Å². The Bertz CT molecular complexity index is 565. The predicted molar refractivity (Wildman–Crippen MR) is 95.0 cm³/mol. The van der Waals surface area contributed by atoms with Crippen LogP contribution in [0.1, 0.15) is 19.3 Å². The van der Waals surface area contributed by atoms with Crippen molar-refractivity contribution < 1.29 is 17.9 Å². The lowest BCUT2D eigenvalue weighted by Gasteiger charge is -2.25. The van der Waals surface area contributed by atoms with Crippen molar-refractivity contribution in [3.05, 3.63) is 42.5 Å². The highest BCUT2D eigenvalue weighted by Gasteiger charge is 2.18. The SMILES string of the molecule is O=S(=O)(C/C=C\[C@@H](CI)OC1CCCCO1)c1ccccc1. The molecule has 0 radical (unpaired) electrons. The highest BCUT2D eigenvalue weighted by molar-refractivity contribution is 14.1. The molecule has 2 rings (SSSR count). The van der Waals surface area contributed by atoms with Gasteiger partial charge in [-0.05, 0) is 31.4 Å². The molecule has 0 aliphatic carbocycles. The van der Waals surface area contributed by atoms with Crippen LogP contribution in [0.5, 0.6) is 0 Å². The molecule has 1 aromatic carbocycles. The van der Waals surface area contributed by atoms with Crippen molar-refractivity contribution >= 4 is 32.4 Å². The summed E-state index contributed by atoms with van der Waals surface area (Å²) in [7, 11) is -3.27. The fourth-order valence-corrected chi connectivity index (χ4v) is 3.83. The van der Waals surface area contributed by atoms with E-state index < -0.39 is 9.84 Å². The predicted octanol–water partition coefficient (Wildman–Crippen LogP) is 3.36. The number of halogens is 1. The van der Waals surface area contributed by atoms with Crippen LogP contribution in [-0.2, 0) is 19.3 Å². The Balaban J connectivity index is 1.89. The van der Waals surface area contributed by atoms with Crippen molar-refractivity contribution in [1.82, 2.24) is 0 Å². The molecule has 2 atom stereocenters. The van der Waals surface area contributed by atoms with E-state index in [1.807, 2.05) is 6.08 Å². The van der Waals surface area contributed by atoms with Crippen molar-refractivity contribution in [2.75, 3.05) is 16.8 Å². The summed E-state index contributed by atoms with van der Waals surface area (Å²) in [5.74, 6) is -0.0148. The smallest absolute Gasteiger partial charge is 0.181 e. The number of benzene rings is 1. The molecule has 1 aliphatic heterocycles. The van der Waals surface area contributed by atoms with Gasteiger partial charge in [-0.3, -0.25) is 0 Å². The topological polar surface area (TPSA) is 52.6 Å². The Hall–Kier alpha value is -0.440. The molecule has 0 amide bonds. The van der Waals surface area contributed by atoms with E-state index in [2.05, 4.69) is 22.6 Å². The van der Waals surface area contributed by atoms with Gasteiger partial charge in [0, 0.05) is 11.0 Å². The standard InChI is InChI=1S/C16H21IO4S/c17-13-14(21-16-10-4-5-11-20-16)7-6-12-22(18,19)15-8-2-1-3-9-15/h1-3,6-9,14,16H,4-5,10-13H2/b7-6-/t14-,16?/m0/s1. The highest BCUT2D eigenvalue weighted by Crippen LogP contribution is 2.17. The van der Waals surface area contributed by atoms with Gasteiger partial charge in [-0.1, -0.05) is 52.9 Å². The second-order valence-corrected chi connectivity index (χ2v) is 8.06. The van der Waals surface area contributed by atoms with E-state index in [0.29, 0.717) is 4.90 Å². The molecule has 0 spiro atoms. The third-order valence-electron chi connectivity index (χ3n) is 3.39. The molecule has 0 aromatic heterocycles. The van der Waals surface area contributed by atoms with Crippen LogP contribution in [-0.4, -0.2) is 37.6 Å². The molecule has 6 heteroatoms. The minimum Gasteiger partial charge on any atom is -0.353 e. The van der Waals surface area contributed by atoms with Gasteiger partial charge in [-0.15, -0.1) is 0 Å². The minimum absolute atomic E-state index is 0.0148. The minimum atomic E-state index is -3.27. The van der Waals surface area contributed by atoms with Crippen molar-refractivity contribution in [3.8, 4) is 0 Å². The van der Waals surface area contributed by atoms with Crippen LogP contribution in [0, 0.1) is 0 Å². The lowest BCUT2D eigenvalue weighted by Crippen LogP contribution is -2.27. The van der Waals surface area contributed by atoms with Gasteiger partial charge >= 0.3 is 0 Å². The van der Waals surface area contributed by atoms with Crippen LogP contribution < -0.4 is 0 Å². The monoisotopic (exact) mass is 436 g/mol. The fraction of sp³-hybridized carbons (Fsp3) is 0.500. The molecule has 4 nitrogen and oxygen atoms in total. The second-order valence-electron chi connectivity index (χ2n) is 5.15. The Morgan fingerprint density at radius 3 is 2.73 bits per heavy atom. The lowest BCUT2D eigenvalue weighted by molar-refractivity contribution is -0.173. The van der Waals surface area contributed by atoms with Gasteiger partial charge in [0.15, 0.2) is 16.1 Å². The lowest BCUT2D eigenvalue weighted by atomic mass is 10.2. The molecular formula is C16H21IO4S. The number of alkyl halides is 1. The summed E-state index contributed by atoms with van der Waals surface area (Å²) in [5, 5.41) is 0. The first-order valence-electron chi connectivity index (χ1n) is 7.39. The molecule has 1 aliphatic rings. The summed E-state index contributed by atoms with van der Waals surface area (Å²) >= 11 is 2.24. The molecule has 0 saturated carbocycles. The van der Waals surface area contributed by atoms with Gasteiger partial charge < -0.3 is 9.47 Å². The van der Waals surface area contributed by atoms with Crippen LogP contribution >= 0.6 is 22.6 Å².